The molecular formula is C21H31NO6. The standard InChI is InChI=1S/C21H31NO6/c1-8-19(3,4)17(25)27-14-11-10-13(21(7,22)16(23)24)12-15(14)28-18(26)20(5,6)9-2/h10-12H,8-9,22H2,1-7H3,(H,23,24)/t21-/m0/s1. The van der Waals surface area contributed by atoms with Gasteiger partial charge in [0.2, 0.25) is 0 Å². The van der Waals surface area contributed by atoms with E-state index in [1.54, 1.807) is 27.7 Å². The Bertz CT molecular complexity index is 764. The van der Waals surface area contributed by atoms with Gasteiger partial charge in [0.15, 0.2) is 11.5 Å². The van der Waals surface area contributed by atoms with Crippen molar-refractivity contribution < 1.29 is 29.0 Å². The molecule has 1 aromatic carbocycles. The van der Waals surface area contributed by atoms with Crippen LogP contribution >= 0.6 is 0 Å². The molecule has 0 aromatic heterocycles. The number of carbonyl (C=O) groups is 3. The van der Waals surface area contributed by atoms with Gasteiger partial charge in [0, 0.05) is 0 Å². The van der Waals surface area contributed by atoms with Crippen LogP contribution in [0.2, 0.25) is 0 Å². The quantitative estimate of drug-likeness (QED) is 0.512. The highest BCUT2D eigenvalue weighted by atomic mass is 16.6. The zero-order valence-electron chi connectivity index (χ0n) is 17.7. The third kappa shape index (κ3) is 5.10. The summed E-state index contributed by atoms with van der Waals surface area (Å²) in [7, 11) is 0. The number of nitrogens with two attached hydrogens (primary N) is 1. The molecular weight excluding hydrogens is 362 g/mol. The summed E-state index contributed by atoms with van der Waals surface area (Å²) in [5.74, 6) is -2.24. The van der Waals surface area contributed by atoms with Crippen molar-refractivity contribution in [3.05, 3.63) is 23.8 Å². The second-order valence-corrected chi connectivity index (χ2v) is 8.42. The minimum absolute atomic E-state index is 0.0386. The van der Waals surface area contributed by atoms with Crippen molar-refractivity contribution in [1.29, 1.82) is 0 Å². The predicted octanol–water partition coefficient (Wildman–Crippen LogP) is 3.63. The summed E-state index contributed by atoms with van der Waals surface area (Å²) in [5, 5.41) is 9.37. The van der Waals surface area contributed by atoms with Gasteiger partial charge in [0.05, 0.1) is 10.8 Å². The molecule has 1 atom stereocenters. The van der Waals surface area contributed by atoms with E-state index in [1.165, 1.54) is 25.1 Å². The van der Waals surface area contributed by atoms with E-state index >= 15 is 0 Å². The number of esters is 2. The molecule has 156 valence electrons. The lowest BCUT2D eigenvalue weighted by molar-refractivity contribution is -0.147. The van der Waals surface area contributed by atoms with Gasteiger partial charge < -0.3 is 20.3 Å². The molecule has 0 aliphatic carbocycles. The summed E-state index contributed by atoms with van der Waals surface area (Å²) < 4.78 is 11.0. The van der Waals surface area contributed by atoms with Crippen molar-refractivity contribution in [2.24, 2.45) is 16.6 Å². The molecule has 0 aliphatic heterocycles. The van der Waals surface area contributed by atoms with Crippen LogP contribution in [-0.4, -0.2) is 23.0 Å². The Hall–Kier alpha value is -2.41. The highest BCUT2D eigenvalue weighted by molar-refractivity contribution is 5.83. The molecule has 1 aromatic rings. The number of ether oxygens (including phenoxy) is 2. The molecule has 0 radical (unpaired) electrons. The lowest BCUT2D eigenvalue weighted by atomic mass is 9.90. The Morgan fingerprint density at radius 3 is 1.71 bits per heavy atom. The number of aliphatic carboxylic acids is 1. The summed E-state index contributed by atoms with van der Waals surface area (Å²) in [4.78, 5) is 36.5. The van der Waals surface area contributed by atoms with Crippen molar-refractivity contribution in [2.45, 2.75) is 66.8 Å². The number of rotatable bonds is 8. The molecule has 3 N–H and O–H groups in total. The van der Waals surface area contributed by atoms with Crippen LogP contribution in [0.5, 0.6) is 11.5 Å². The minimum atomic E-state index is -1.70. The van der Waals surface area contributed by atoms with Crippen LogP contribution in [0.25, 0.3) is 0 Å². The van der Waals surface area contributed by atoms with Crippen LogP contribution in [0, 0.1) is 10.8 Å². The van der Waals surface area contributed by atoms with Crippen molar-refractivity contribution >= 4 is 17.9 Å². The Labute approximate surface area is 166 Å². The highest BCUT2D eigenvalue weighted by Gasteiger charge is 2.34. The van der Waals surface area contributed by atoms with Gasteiger partial charge in [-0.1, -0.05) is 19.9 Å². The van der Waals surface area contributed by atoms with Crippen LogP contribution in [0.1, 0.15) is 66.9 Å². The third-order valence-electron chi connectivity index (χ3n) is 5.27. The molecule has 0 spiro atoms. The largest absolute Gasteiger partial charge is 0.480 e. The average Bonchev–Trinajstić information content (AvgIpc) is 2.62. The van der Waals surface area contributed by atoms with Crippen molar-refractivity contribution in [2.75, 3.05) is 0 Å². The SMILES string of the molecule is CCC(C)(C)C(=O)Oc1ccc([C@](C)(N)C(=O)O)cc1OC(=O)C(C)(C)CC. The van der Waals surface area contributed by atoms with E-state index in [0.29, 0.717) is 12.8 Å². The molecule has 0 unspecified atom stereocenters. The van der Waals surface area contributed by atoms with E-state index in [2.05, 4.69) is 0 Å². The topological polar surface area (TPSA) is 116 Å². The zero-order valence-corrected chi connectivity index (χ0v) is 17.7. The van der Waals surface area contributed by atoms with Crippen LogP contribution in [-0.2, 0) is 19.9 Å². The Morgan fingerprint density at radius 2 is 1.32 bits per heavy atom. The van der Waals surface area contributed by atoms with E-state index in [4.69, 9.17) is 15.2 Å². The summed E-state index contributed by atoms with van der Waals surface area (Å²) in [6, 6.07) is 4.17. The van der Waals surface area contributed by atoms with Gasteiger partial charge in [-0.25, -0.2) is 4.79 Å². The normalized spacial score (nSPS) is 14.1. The first-order chi connectivity index (χ1) is 12.7. The first-order valence-electron chi connectivity index (χ1n) is 9.30. The highest BCUT2D eigenvalue weighted by Crippen LogP contribution is 2.36. The molecule has 0 amide bonds. The molecule has 0 saturated heterocycles. The molecule has 7 nitrogen and oxygen atoms in total. The van der Waals surface area contributed by atoms with Crippen molar-refractivity contribution in [1.82, 2.24) is 0 Å². The van der Waals surface area contributed by atoms with Crippen LogP contribution < -0.4 is 15.2 Å². The number of hydrogen-bond donors (Lipinski definition) is 2. The molecule has 1 rings (SSSR count). The van der Waals surface area contributed by atoms with E-state index < -0.39 is 34.3 Å². The lowest BCUT2D eigenvalue weighted by Gasteiger charge is -2.25. The molecule has 0 aliphatic rings. The van der Waals surface area contributed by atoms with Gasteiger partial charge in [0.25, 0.3) is 0 Å². The first kappa shape index (κ1) is 23.6. The van der Waals surface area contributed by atoms with E-state index in [1.807, 2.05) is 13.8 Å². The maximum absolute atomic E-state index is 12.5. The number of carboxylic acid groups (broad SMARTS) is 1. The summed E-state index contributed by atoms with van der Waals surface area (Å²) >= 11 is 0. The number of carbonyl (C=O) groups excluding carboxylic acids is 2. The Morgan fingerprint density at radius 1 is 0.893 bits per heavy atom. The van der Waals surface area contributed by atoms with Crippen molar-refractivity contribution in [3.8, 4) is 11.5 Å². The maximum atomic E-state index is 12.5. The van der Waals surface area contributed by atoms with Crippen LogP contribution in [0.4, 0.5) is 0 Å². The van der Waals surface area contributed by atoms with Crippen LogP contribution in [0.3, 0.4) is 0 Å². The smallest absolute Gasteiger partial charge is 0.328 e. The summed E-state index contributed by atoms with van der Waals surface area (Å²) in [6.45, 7) is 12.0. The van der Waals surface area contributed by atoms with Gasteiger partial charge >= 0.3 is 17.9 Å². The van der Waals surface area contributed by atoms with Gasteiger partial charge in [0.1, 0.15) is 5.54 Å². The molecule has 0 fully saturated rings. The maximum Gasteiger partial charge on any atom is 0.328 e. The predicted molar refractivity (Wildman–Crippen MR) is 105 cm³/mol. The molecule has 7 heteroatoms. The van der Waals surface area contributed by atoms with Crippen molar-refractivity contribution in [3.63, 3.8) is 0 Å². The van der Waals surface area contributed by atoms with Gasteiger partial charge in [-0.15, -0.1) is 0 Å². The van der Waals surface area contributed by atoms with Crippen LogP contribution in [0.15, 0.2) is 18.2 Å². The summed E-state index contributed by atoms with van der Waals surface area (Å²) in [5.41, 5.74) is 2.90. The van der Waals surface area contributed by atoms with E-state index in [9.17, 15) is 19.5 Å². The minimum Gasteiger partial charge on any atom is -0.480 e. The second-order valence-electron chi connectivity index (χ2n) is 8.42. The molecule has 0 bridgehead atoms. The monoisotopic (exact) mass is 393 g/mol. The van der Waals surface area contributed by atoms with E-state index in [-0.39, 0.29) is 17.1 Å². The fourth-order valence-corrected chi connectivity index (χ4v) is 1.88. The fraction of sp³-hybridized carbons (Fsp3) is 0.571. The first-order valence-corrected chi connectivity index (χ1v) is 9.30. The third-order valence-corrected chi connectivity index (χ3v) is 5.27. The zero-order chi connectivity index (χ0) is 21.9. The van der Waals surface area contributed by atoms with Gasteiger partial charge in [-0.05, 0) is 65.2 Å². The number of hydrogen-bond acceptors (Lipinski definition) is 6. The van der Waals surface area contributed by atoms with E-state index in [0.717, 1.165) is 0 Å². The molecule has 28 heavy (non-hydrogen) atoms. The number of carboxylic acids is 1. The average molecular weight is 393 g/mol. The second kappa shape index (κ2) is 8.31. The summed E-state index contributed by atoms with van der Waals surface area (Å²) in [6.07, 6.45) is 1.09. The fourth-order valence-electron chi connectivity index (χ4n) is 1.88. The van der Waals surface area contributed by atoms with Gasteiger partial charge in [-0.3, -0.25) is 9.59 Å². The molecule has 0 saturated carbocycles. The molecule has 0 heterocycles. The Balaban J connectivity index is 3.41. The Kier molecular flexibility index (Phi) is 7.01. The number of benzene rings is 1. The lowest BCUT2D eigenvalue weighted by Crippen LogP contribution is -2.41. The van der Waals surface area contributed by atoms with Gasteiger partial charge in [-0.2, -0.15) is 0 Å².